The van der Waals surface area contributed by atoms with E-state index in [0.717, 1.165) is 6.42 Å². The summed E-state index contributed by atoms with van der Waals surface area (Å²) in [5, 5.41) is 0. The highest BCUT2D eigenvalue weighted by Gasteiger charge is 2.13. The Bertz CT molecular complexity index is 415. The van der Waals surface area contributed by atoms with Gasteiger partial charge in [-0.1, -0.05) is 6.92 Å². The van der Waals surface area contributed by atoms with E-state index in [1.165, 1.54) is 19.1 Å². The third-order valence-corrected chi connectivity index (χ3v) is 2.19. The van der Waals surface area contributed by atoms with Gasteiger partial charge in [0.2, 0.25) is 0 Å². The number of carbonyl (C=O) groups is 2. The number of rotatable bonds is 5. The largest absolute Gasteiger partial charge is 0.299 e. The fourth-order valence-corrected chi connectivity index (χ4v) is 1.34. The summed E-state index contributed by atoms with van der Waals surface area (Å²) in [6.07, 6.45) is 0.972. The summed E-state index contributed by atoms with van der Waals surface area (Å²) in [5.41, 5.74) is 0.331. The lowest BCUT2D eigenvalue weighted by molar-refractivity contribution is -0.118. The van der Waals surface area contributed by atoms with Crippen LogP contribution in [0.4, 0.5) is 4.39 Å². The average Bonchev–Trinajstić information content (AvgIpc) is 2.22. The molecule has 0 saturated heterocycles. The Balaban J connectivity index is 2.73. The molecule has 0 aliphatic rings. The van der Waals surface area contributed by atoms with Gasteiger partial charge >= 0.3 is 0 Å². The molecule has 16 heavy (non-hydrogen) atoms. The molecule has 0 aliphatic carbocycles. The highest BCUT2D eigenvalue weighted by molar-refractivity contribution is 6.06. The fourth-order valence-electron chi connectivity index (χ4n) is 1.34. The van der Waals surface area contributed by atoms with Crippen molar-refractivity contribution in [2.45, 2.75) is 33.1 Å². The molecular weight excluding hydrogens is 209 g/mol. The van der Waals surface area contributed by atoms with Crippen LogP contribution in [0.25, 0.3) is 0 Å². The lowest BCUT2D eigenvalue weighted by Gasteiger charge is -2.01. The standard InChI is InChI=1S/C12H14FNO2/c1-3-4-9(15)7-12(16)11-6-5-10(13)8(2)14-11/h5-6H,3-4,7H2,1-2H3. The van der Waals surface area contributed by atoms with Gasteiger partial charge in [0.15, 0.2) is 5.78 Å². The molecule has 0 fully saturated rings. The summed E-state index contributed by atoms with van der Waals surface area (Å²) in [6.45, 7) is 3.36. The Hall–Kier alpha value is -1.58. The van der Waals surface area contributed by atoms with Crippen molar-refractivity contribution >= 4 is 11.6 Å². The van der Waals surface area contributed by atoms with E-state index >= 15 is 0 Å². The molecule has 0 saturated carbocycles. The Kier molecular flexibility index (Phi) is 4.28. The van der Waals surface area contributed by atoms with Gasteiger partial charge in [-0.3, -0.25) is 9.59 Å². The predicted molar refractivity (Wildman–Crippen MR) is 57.8 cm³/mol. The number of hydrogen-bond acceptors (Lipinski definition) is 3. The van der Waals surface area contributed by atoms with Gasteiger partial charge in [-0.2, -0.15) is 0 Å². The Morgan fingerprint density at radius 2 is 2.06 bits per heavy atom. The minimum atomic E-state index is -0.448. The van der Waals surface area contributed by atoms with Gasteiger partial charge in [-0.05, 0) is 25.5 Å². The zero-order chi connectivity index (χ0) is 12.1. The van der Waals surface area contributed by atoms with Gasteiger partial charge in [-0.15, -0.1) is 0 Å². The third kappa shape index (κ3) is 3.22. The normalized spacial score (nSPS) is 10.2. The molecule has 1 heterocycles. The molecule has 0 bridgehead atoms. The van der Waals surface area contributed by atoms with Gasteiger partial charge in [-0.25, -0.2) is 9.37 Å². The SMILES string of the molecule is CCCC(=O)CC(=O)c1ccc(F)c(C)n1. The van der Waals surface area contributed by atoms with E-state index in [2.05, 4.69) is 4.98 Å². The summed E-state index contributed by atoms with van der Waals surface area (Å²) >= 11 is 0. The molecule has 0 radical (unpaired) electrons. The second kappa shape index (κ2) is 5.49. The van der Waals surface area contributed by atoms with Gasteiger partial charge in [0, 0.05) is 6.42 Å². The van der Waals surface area contributed by atoms with E-state index < -0.39 is 5.82 Å². The fraction of sp³-hybridized carbons (Fsp3) is 0.417. The number of aryl methyl sites for hydroxylation is 1. The van der Waals surface area contributed by atoms with Crippen LogP contribution in [-0.2, 0) is 4.79 Å². The van der Waals surface area contributed by atoms with Crippen LogP contribution in [0, 0.1) is 12.7 Å². The highest BCUT2D eigenvalue weighted by atomic mass is 19.1. The summed E-state index contributed by atoms with van der Waals surface area (Å²) in [5.74, 6) is -0.894. The van der Waals surface area contributed by atoms with Crippen LogP contribution < -0.4 is 0 Å². The van der Waals surface area contributed by atoms with Crippen molar-refractivity contribution in [2.75, 3.05) is 0 Å². The van der Waals surface area contributed by atoms with E-state index in [0.29, 0.717) is 6.42 Å². The topological polar surface area (TPSA) is 47.0 Å². The van der Waals surface area contributed by atoms with Crippen LogP contribution in [0.2, 0.25) is 0 Å². The van der Waals surface area contributed by atoms with Crippen molar-refractivity contribution in [3.05, 3.63) is 29.3 Å². The summed E-state index contributed by atoms with van der Waals surface area (Å²) < 4.78 is 12.9. The maximum absolute atomic E-state index is 12.9. The molecule has 0 aromatic carbocycles. The molecule has 0 N–H and O–H groups in total. The first-order valence-electron chi connectivity index (χ1n) is 5.22. The van der Waals surface area contributed by atoms with Crippen LogP contribution in [0.3, 0.4) is 0 Å². The number of ketones is 2. The van der Waals surface area contributed by atoms with E-state index in [-0.39, 0.29) is 29.4 Å². The summed E-state index contributed by atoms with van der Waals surface area (Å²) in [4.78, 5) is 26.7. The molecule has 0 aliphatic heterocycles. The van der Waals surface area contributed by atoms with E-state index in [1.54, 1.807) is 0 Å². The number of carbonyl (C=O) groups excluding carboxylic acids is 2. The van der Waals surface area contributed by atoms with Crippen molar-refractivity contribution in [1.29, 1.82) is 0 Å². The van der Waals surface area contributed by atoms with Crippen molar-refractivity contribution in [3.8, 4) is 0 Å². The molecule has 86 valence electrons. The number of aromatic nitrogens is 1. The van der Waals surface area contributed by atoms with Crippen molar-refractivity contribution in [1.82, 2.24) is 4.98 Å². The Labute approximate surface area is 93.7 Å². The first kappa shape index (κ1) is 12.5. The highest BCUT2D eigenvalue weighted by Crippen LogP contribution is 2.07. The van der Waals surface area contributed by atoms with E-state index in [1.807, 2.05) is 6.92 Å². The summed E-state index contributed by atoms with van der Waals surface area (Å²) in [7, 11) is 0. The van der Waals surface area contributed by atoms with Crippen LogP contribution in [-0.4, -0.2) is 16.6 Å². The van der Waals surface area contributed by atoms with Gasteiger partial charge in [0.25, 0.3) is 0 Å². The zero-order valence-corrected chi connectivity index (χ0v) is 9.42. The summed E-state index contributed by atoms with van der Waals surface area (Å²) in [6, 6.07) is 2.50. The van der Waals surface area contributed by atoms with Crippen LogP contribution >= 0.6 is 0 Å². The van der Waals surface area contributed by atoms with Gasteiger partial charge in [0.1, 0.15) is 17.3 Å². The smallest absolute Gasteiger partial charge is 0.188 e. The number of halogens is 1. The van der Waals surface area contributed by atoms with Crippen LogP contribution in [0.1, 0.15) is 42.4 Å². The number of hydrogen-bond donors (Lipinski definition) is 0. The maximum Gasteiger partial charge on any atom is 0.188 e. The molecule has 1 aromatic heterocycles. The second-order valence-electron chi connectivity index (χ2n) is 3.65. The second-order valence-corrected chi connectivity index (χ2v) is 3.65. The van der Waals surface area contributed by atoms with Gasteiger partial charge in [0.05, 0.1) is 12.1 Å². The lowest BCUT2D eigenvalue weighted by Crippen LogP contribution is -2.10. The van der Waals surface area contributed by atoms with Gasteiger partial charge < -0.3 is 0 Å². The number of nitrogens with zero attached hydrogens (tertiary/aromatic N) is 1. The average molecular weight is 223 g/mol. The van der Waals surface area contributed by atoms with E-state index in [9.17, 15) is 14.0 Å². The Morgan fingerprint density at radius 1 is 1.38 bits per heavy atom. The third-order valence-electron chi connectivity index (χ3n) is 2.19. The Morgan fingerprint density at radius 3 is 2.62 bits per heavy atom. The lowest BCUT2D eigenvalue weighted by atomic mass is 10.1. The van der Waals surface area contributed by atoms with Crippen LogP contribution in [0.5, 0.6) is 0 Å². The number of Topliss-reactive ketones (excluding diaryl/α,β-unsaturated/α-hetero) is 2. The first-order valence-corrected chi connectivity index (χ1v) is 5.22. The van der Waals surface area contributed by atoms with E-state index in [4.69, 9.17) is 0 Å². The molecule has 0 atom stereocenters. The van der Waals surface area contributed by atoms with Crippen molar-refractivity contribution < 1.29 is 14.0 Å². The molecule has 0 unspecified atom stereocenters. The minimum absolute atomic E-state index is 0.101. The quantitative estimate of drug-likeness (QED) is 0.569. The molecule has 1 aromatic rings. The zero-order valence-electron chi connectivity index (χ0n) is 9.42. The molecular formula is C12H14FNO2. The van der Waals surface area contributed by atoms with Crippen LogP contribution in [0.15, 0.2) is 12.1 Å². The predicted octanol–water partition coefficient (Wildman–Crippen LogP) is 2.47. The molecule has 4 heteroatoms. The van der Waals surface area contributed by atoms with Crippen molar-refractivity contribution in [2.24, 2.45) is 0 Å². The molecule has 0 spiro atoms. The first-order chi connectivity index (χ1) is 7.54. The molecule has 1 rings (SSSR count). The minimum Gasteiger partial charge on any atom is -0.299 e. The molecule has 3 nitrogen and oxygen atoms in total. The monoisotopic (exact) mass is 223 g/mol. The number of pyridine rings is 1. The maximum atomic E-state index is 12.9. The molecule has 0 amide bonds. The van der Waals surface area contributed by atoms with Crippen molar-refractivity contribution in [3.63, 3.8) is 0 Å².